The second-order valence-corrected chi connectivity index (χ2v) is 17.7. The van der Waals surface area contributed by atoms with Gasteiger partial charge in [-0.25, -0.2) is 9.97 Å². The Bertz CT molecular complexity index is 4200. The molecule has 0 amide bonds. The molecule has 0 saturated carbocycles. The van der Waals surface area contributed by atoms with E-state index in [1.165, 1.54) is 60.3 Å². The van der Waals surface area contributed by atoms with E-state index in [1.54, 1.807) is 0 Å². The fourth-order valence-electron chi connectivity index (χ4n) is 10.6. The van der Waals surface area contributed by atoms with Gasteiger partial charge in [0.15, 0.2) is 5.82 Å². The summed E-state index contributed by atoms with van der Waals surface area (Å²) in [6.45, 7) is 0. The molecule has 4 heteroatoms. The third-order valence-corrected chi connectivity index (χ3v) is 13.7. The van der Waals surface area contributed by atoms with E-state index in [4.69, 9.17) is 14.4 Å². The van der Waals surface area contributed by atoms with Crippen LogP contribution in [0.4, 0.5) is 0 Å². The van der Waals surface area contributed by atoms with Crippen LogP contribution >= 0.6 is 0 Å². The zero-order valence-electron chi connectivity index (χ0n) is 36.8. The van der Waals surface area contributed by atoms with E-state index in [2.05, 4.69) is 223 Å². The summed E-state index contributed by atoms with van der Waals surface area (Å²) in [6.07, 6.45) is 0. The van der Waals surface area contributed by atoms with Gasteiger partial charge in [-0.05, 0) is 81.4 Å². The van der Waals surface area contributed by atoms with Crippen molar-refractivity contribution >= 4 is 60.0 Å². The van der Waals surface area contributed by atoms with Crippen molar-refractivity contribution in [1.29, 1.82) is 0 Å². The Morgan fingerprint density at radius 2 is 0.765 bits per heavy atom. The number of para-hydroxylation sites is 3. The van der Waals surface area contributed by atoms with Crippen molar-refractivity contribution in [2.45, 2.75) is 0 Å². The molecule has 68 heavy (non-hydrogen) atoms. The van der Waals surface area contributed by atoms with Crippen molar-refractivity contribution in [2.75, 3.05) is 0 Å². The van der Waals surface area contributed by atoms with E-state index < -0.39 is 0 Å². The van der Waals surface area contributed by atoms with Crippen LogP contribution in [0.25, 0.3) is 138 Å². The van der Waals surface area contributed by atoms with Crippen LogP contribution in [-0.4, -0.2) is 14.4 Å². The van der Waals surface area contributed by atoms with Crippen LogP contribution in [-0.2, 0) is 0 Å². The highest BCUT2D eigenvalue weighted by Crippen LogP contribution is 2.45. The van der Waals surface area contributed by atoms with Crippen molar-refractivity contribution < 1.29 is 4.42 Å². The fraction of sp³-hybridized carbons (Fsp3) is 0. The van der Waals surface area contributed by atoms with Gasteiger partial charge < -0.3 is 8.82 Å². The Kier molecular flexibility index (Phi) is 8.55. The fourth-order valence-corrected chi connectivity index (χ4v) is 10.6. The third-order valence-electron chi connectivity index (χ3n) is 13.7. The molecule has 0 radical (unpaired) electrons. The van der Waals surface area contributed by atoms with Gasteiger partial charge in [0.05, 0.1) is 27.9 Å². The van der Waals surface area contributed by atoms with E-state index in [0.29, 0.717) is 5.82 Å². The number of nitrogens with zero attached hydrogens (tertiary/aromatic N) is 3. The standard InChI is InChI=1S/C64H39N3O/c1-3-15-40(16-4-1)56-39-57(41-17-5-2-6-18-41)66-64(65-56)48-24-11-22-45(37-48)43-20-9-19-42(35-43)44-21-10-23-46(36-44)50-27-12-29-53-54-30-13-28-52-51-34-33-47(38-58(51)67(62(50)53)63(52)54)49-26-14-32-60-61(49)55-25-7-8-31-59(55)68-60/h1-39H. The van der Waals surface area contributed by atoms with Gasteiger partial charge in [-0.15, -0.1) is 0 Å². The molecule has 0 atom stereocenters. The van der Waals surface area contributed by atoms with Gasteiger partial charge in [-0.1, -0.05) is 194 Å². The topological polar surface area (TPSA) is 43.3 Å². The number of benzene rings is 10. The number of aromatic nitrogens is 3. The Balaban J connectivity index is 0.873. The van der Waals surface area contributed by atoms with Crippen LogP contribution in [0.1, 0.15) is 0 Å². The van der Waals surface area contributed by atoms with Gasteiger partial charge in [0.25, 0.3) is 0 Å². The quantitative estimate of drug-likeness (QED) is 0.160. The molecule has 4 nitrogen and oxygen atoms in total. The van der Waals surface area contributed by atoms with E-state index in [9.17, 15) is 0 Å². The summed E-state index contributed by atoms with van der Waals surface area (Å²) in [4.78, 5) is 10.2. The van der Waals surface area contributed by atoms with Gasteiger partial charge in [0.1, 0.15) is 11.2 Å². The molecule has 14 rings (SSSR count). The molecule has 0 aliphatic carbocycles. The van der Waals surface area contributed by atoms with Crippen molar-refractivity contribution in [1.82, 2.24) is 14.4 Å². The molecular weight excluding hydrogens is 827 g/mol. The van der Waals surface area contributed by atoms with Gasteiger partial charge in [-0.3, -0.25) is 0 Å². The molecule has 10 aromatic carbocycles. The Hall–Kier alpha value is -9.12. The molecule has 0 unspecified atom stereocenters. The number of furan rings is 1. The summed E-state index contributed by atoms with van der Waals surface area (Å²) in [5.41, 5.74) is 19.6. The minimum Gasteiger partial charge on any atom is -0.456 e. The Morgan fingerprint density at radius 3 is 1.47 bits per heavy atom. The van der Waals surface area contributed by atoms with Crippen molar-refractivity contribution in [2.24, 2.45) is 0 Å². The van der Waals surface area contributed by atoms with Crippen molar-refractivity contribution in [3.05, 3.63) is 237 Å². The highest BCUT2D eigenvalue weighted by molar-refractivity contribution is 6.25. The maximum Gasteiger partial charge on any atom is 0.160 e. The predicted octanol–water partition coefficient (Wildman–Crippen LogP) is 17.2. The summed E-state index contributed by atoms with van der Waals surface area (Å²) in [5.74, 6) is 0.696. The molecule has 4 aromatic heterocycles. The average Bonchev–Trinajstić information content (AvgIpc) is 4.09. The smallest absolute Gasteiger partial charge is 0.160 e. The zero-order valence-corrected chi connectivity index (χ0v) is 36.8. The number of rotatable bonds is 7. The lowest BCUT2D eigenvalue weighted by atomic mass is 9.94. The maximum absolute atomic E-state index is 6.33. The molecule has 0 spiro atoms. The van der Waals surface area contributed by atoms with Crippen LogP contribution in [0.2, 0.25) is 0 Å². The minimum atomic E-state index is 0.696. The van der Waals surface area contributed by atoms with E-state index in [1.807, 2.05) is 18.2 Å². The SMILES string of the molecule is c1ccc(-c2cc(-c3ccccc3)nc(-c3cccc(-c4cccc(-c5cccc(-c6cccc7c8cccc9c%10ccc(-c%11cccc%12oc%13ccccc%13c%11%12)cc%10n(c67)c98)c5)c4)c3)n2)cc1. The summed E-state index contributed by atoms with van der Waals surface area (Å²) >= 11 is 0. The molecule has 14 aromatic rings. The molecule has 0 aliphatic heterocycles. The first kappa shape index (κ1) is 38.2. The maximum atomic E-state index is 6.33. The number of fused-ring (bicyclic) bond motifs is 9. The summed E-state index contributed by atoms with van der Waals surface area (Å²) < 4.78 is 8.85. The van der Waals surface area contributed by atoms with Gasteiger partial charge in [0, 0.05) is 54.6 Å². The van der Waals surface area contributed by atoms with Gasteiger partial charge in [0.2, 0.25) is 0 Å². The van der Waals surface area contributed by atoms with Crippen molar-refractivity contribution in [3.8, 4) is 78.4 Å². The largest absolute Gasteiger partial charge is 0.456 e. The van der Waals surface area contributed by atoms with Gasteiger partial charge >= 0.3 is 0 Å². The summed E-state index contributed by atoms with van der Waals surface area (Å²) in [6, 6.07) is 84.5. The minimum absolute atomic E-state index is 0.696. The second-order valence-electron chi connectivity index (χ2n) is 17.7. The molecule has 0 bridgehead atoms. The van der Waals surface area contributed by atoms with E-state index in [-0.39, 0.29) is 0 Å². The number of hydrogen-bond donors (Lipinski definition) is 0. The first-order valence-corrected chi connectivity index (χ1v) is 23.1. The van der Waals surface area contributed by atoms with E-state index >= 15 is 0 Å². The predicted molar refractivity (Wildman–Crippen MR) is 282 cm³/mol. The molecule has 0 N–H and O–H groups in total. The first-order chi connectivity index (χ1) is 33.7. The molecule has 0 aliphatic rings. The van der Waals surface area contributed by atoms with Crippen LogP contribution < -0.4 is 0 Å². The lowest BCUT2D eigenvalue weighted by Crippen LogP contribution is -1.96. The van der Waals surface area contributed by atoms with Gasteiger partial charge in [-0.2, -0.15) is 0 Å². The van der Waals surface area contributed by atoms with E-state index in [0.717, 1.165) is 72.3 Å². The highest BCUT2D eigenvalue weighted by atomic mass is 16.3. The molecular formula is C64H39N3O. The molecule has 0 fully saturated rings. The molecule has 4 heterocycles. The van der Waals surface area contributed by atoms with Crippen molar-refractivity contribution in [3.63, 3.8) is 0 Å². The average molecular weight is 866 g/mol. The Morgan fingerprint density at radius 1 is 0.294 bits per heavy atom. The summed E-state index contributed by atoms with van der Waals surface area (Å²) in [5, 5.41) is 7.31. The molecule has 316 valence electrons. The lowest BCUT2D eigenvalue weighted by molar-refractivity contribution is 0.669. The lowest BCUT2D eigenvalue weighted by Gasteiger charge is -2.12. The second kappa shape index (κ2) is 15.2. The monoisotopic (exact) mass is 865 g/mol. The summed E-state index contributed by atoms with van der Waals surface area (Å²) in [7, 11) is 0. The van der Waals surface area contributed by atoms with Crippen LogP contribution in [0, 0.1) is 0 Å². The molecule has 0 saturated heterocycles. The number of hydrogen-bond acceptors (Lipinski definition) is 3. The highest BCUT2D eigenvalue weighted by Gasteiger charge is 2.22. The van der Waals surface area contributed by atoms with Crippen LogP contribution in [0.3, 0.4) is 0 Å². The normalized spacial score (nSPS) is 11.8. The zero-order chi connectivity index (χ0) is 44.7. The third kappa shape index (κ3) is 6.08. The van der Waals surface area contributed by atoms with Crippen LogP contribution in [0.15, 0.2) is 241 Å². The van der Waals surface area contributed by atoms with Crippen LogP contribution in [0.5, 0.6) is 0 Å². The Labute approximate surface area is 392 Å². The first-order valence-electron chi connectivity index (χ1n) is 23.1.